The van der Waals surface area contributed by atoms with Crippen LogP contribution >= 0.6 is 0 Å². The van der Waals surface area contributed by atoms with Crippen molar-refractivity contribution in [2.75, 3.05) is 0 Å². The maximum Gasteiger partial charge on any atom is 0.160 e. The second-order valence-electron chi connectivity index (χ2n) is 14.1. The van der Waals surface area contributed by atoms with Crippen LogP contribution in [-0.4, -0.2) is 9.97 Å². The summed E-state index contributed by atoms with van der Waals surface area (Å²) in [5.74, 6) is 0.688. The van der Waals surface area contributed by atoms with Gasteiger partial charge in [0, 0.05) is 16.7 Å². The SMILES string of the molecule is c1ccc(-c2cccc(-c3cc(-c4cccc5c4C(c4ccccc4)(c4ccccc4)c4ccccc4-5)nc(-c4cccc(-c5ccccc5)c4)n3)c2)cc1. The first-order chi connectivity index (χ1) is 27.3. The minimum atomic E-state index is -0.573. The average molecular weight is 701 g/mol. The van der Waals surface area contributed by atoms with Gasteiger partial charge in [-0.15, -0.1) is 0 Å². The maximum atomic E-state index is 5.50. The number of hydrogen-bond acceptors (Lipinski definition) is 2. The molecule has 0 radical (unpaired) electrons. The molecule has 8 aromatic carbocycles. The molecular formula is C53H36N2. The van der Waals surface area contributed by atoms with Crippen molar-refractivity contribution < 1.29 is 0 Å². The molecule has 0 fully saturated rings. The van der Waals surface area contributed by atoms with E-state index >= 15 is 0 Å². The predicted octanol–water partition coefficient (Wildman–Crippen LogP) is 13.2. The van der Waals surface area contributed by atoms with E-state index in [9.17, 15) is 0 Å². The Hall–Kier alpha value is -7.16. The first kappa shape index (κ1) is 32.5. The molecule has 1 aliphatic carbocycles. The van der Waals surface area contributed by atoms with Crippen molar-refractivity contribution >= 4 is 0 Å². The molecule has 0 amide bonds. The van der Waals surface area contributed by atoms with Crippen molar-refractivity contribution in [2.45, 2.75) is 5.41 Å². The monoisotopic (exact) mass is 700 g/mol. The van der Waals surface area contributed by atoms with Crippen LogP contribution in [0.5, 0.6) is 0 Å². The van der Waals surface area contributed by atoms with Gasteiger partial charge in [0.2, 0.25) is 0 Å². The van der Waals surface area contributed by atoms with E-state index < -0.39 is 5.41 Å². The molecule has 1 aromatic heterocycles. The third-order valence-electron chi connectivity index (χ3n) is 11.0. The van der Waals surface area contributed by atoms with Gasteiger partial charge in [-0.05, 0) is 73.8 Å². The van der Waals surface area contributed by atoms with Crippen LogP contribution < -0.4 is 0 Å². The molecule has 9 aromatic rings. The molecule has 0 saturated heterocycles. The standard InChI is InChI=1S/C53H36N2/c1-5-18-37(19-6-1)39-22-15-24-41(34-39)49-36-50(55-52(54-49)42-25-16-23-40(35-42)38-20-7-2-8-21-38)47-32-17-31-46-45-30-13-14-33-48(45)53(51(46)47,43-26-9-3-10-27-43)44-28-11-4-12-29-44/h1-36H. The Morgan fingerprint density at radius 3 is 1.36 bits per heavy atom. The molecule has 0 spiro atoms. The molecule has 0 bridgehead atoms. The molecule has 0 N–H and O–H groups in total. The van der Waals surface area contributed by atoms with Gasteiger partial charge in [-0.2, -0.15) is 0 Å². The highest BCUT2D eigenvalue weighted by Gasteiger charge is 2.47. The molecule has 258 valence electrons. The van der Waals surface area contributed by atoms with E-state index in [0.29, 0.717) is 5.82 Å². The van der Waals surface area contributed by atoms with Crippen molar-refractivity contribution in [3.63, 3.8) is 0 Å². The Bertz CT molecular complexity index is 2650. The zero-order chi connectivity index (χ0) is 36.6. The van der Waals surface area contributed by atoms with E-state index in [0.717, 1.165) is 44.8 Å². The molecule has 0 unspecified atom stereocenters. The van der Waals surface area contributed by atoms with Crippen LogP contribution in [0.1, 0.15) is 22.3 Å². The quantitative estimate of drug-likeness (QED) is 0.165. The van der Waals surface area contributed by atoms with E-state index in [1.54, 1.807) is 0 Å². The van der Waals surface area contributed by atoms with Crippen LogP contribution in [0.2, 0.25) is 0 Å². The normalized spacial score (nSPS) is 12.5. The Morgan fingerprint density at radius 2 is 0.727 bits per heavy atom. The first-order valence-corrected chi connectivity index (χ1v) is 18.8. The van der Waals surface area contributed by atoms with Gasteiger partial charge in [-0.3, -0.25) is 0 Å². The fraction of sp³-hybridized carbons (Fsp3) is 0.0189. The number of hydrogen-bond donors (Lipinski definition) is 0. The van der Waals surface area contributed by atoms with Crippen molar-refractivity contribution in [3.8, 4) is 67.3 Å². The lowest BCUT2D eigenvalue weighted by Gasteiger charge is -2.35. The number of fused-ring (bicyclic) bond motifs is 3. The fourth-order valence-corrected chi connectivity index (χ4v) is 8.54. The van der Waals surface area contributed by atoms with E-state index in [2.05, 4.69) is 218 Å². The molecule has 0 aliphatic heterocycles. The molecule has 55 heavy (non-hydrogen) atoms. The van der Waals surface area contributed by atoms with E-state index in [1.165, 1.54) is 38.9 Å². The van der Waals surface area contributed by atoms with E-state index in [1.807, 2.05) is 0 Å². The summed E-state index contributed by atoms with van der Waals surface area (Å²) < 4.78 is 0. The molecule has 2 nitrogen and oxygen atoms in total. The summed E-state index contributed by atoms with van der Waals surface area (Å²) in [4.78, 5) is 10.8. The summed E-state index contributed by atoms with van der Waals surface area (Å²) in [5.41, 5.74) is 16.3. The number of aromatic nitrogens is 2. The second kappa shape index (κ2) is 13.7. The van der Waals surface area contributed by atoms with Gasteiger partial charge in [0.25, 0.3) is 0 Å². The van der Waals surface area contributed by atoms with Gasteiger partial charge >= 0.3 is 0 Å². The second-order valence-corrected chi connectivity index (χ2v) is 14.1. The van der Waals surface area contributed by atoms with Crippen molar-refractivity contribution in [3.05, 3.63) is 241 Å². The van der Waals surface area contributed by atoms with Gasteiger partial charge in [0.05, 0.1) is 16.8 Å². The third-order valence-corrected chi connectivity index (χ3v) is 11.0. The highest BCUT2D eigenvalue weighted by molar-refractivity contribution is 5.92. The summed E-state index contributed by atoms with van der Waals surface area (Å²) in [7, 11) is 0. The lowest BCUT2D eigenvalue weighted by molar-refractivity contribution is 0.769. The van der Waals surface area contributed by atoms with Crippen LogP contribution in [0.15, 0.2) is 218 Å². The zero-order valence-corrected chi connectivity index (χ0v) is 30.2. The first-order valence-electron chi connectivity index (χ1n) is 18.8. The van der Waals surface area contributed by atoms with Crippen molar-refractivity contribution in [1.29, 1.82) is 0 Å². The largest absolute Gasteiger partial charge is 0.228 e. The lowest BCUT2D eigenvalue weighted by Crippen LogP contribution is -2.29. The Kier molecular flexibility index (Phi) is 8.08. The van der Waals surface area contributed by atoms with Crippen LogP contribution in [-0.2, 0) is 5.41 Å². The fourth-order valence-electron chi connectivity index (χ4n) is 8.54. The van der Waals surface area contributed by atoms with E-state index in [4.69, 9.17) is 9.97 Å². The number of rotatable bonds is 7. The smallest absolute Gasteiger partial charge is 0.160 e. The highest BCUT2D eigenvalue weighted by Crippen LogP contribution is 2.58. The Balaban J connectivity index is 1.26. The van der Waals surface area contributed by atoms with Gasteiger partial charge < -0.3 is 0 Å². The topological polar surface area (TPSA) is 25.8 Å². The Labute approximate surface area is 322 Å². The lowest BCUT2D eigenvalue weighted by atomic mass is 9.66. The molecule has 2 heteroatoms. The summed E-state index contributed by atoms with van der Waals surface area (Å²) in [6, 6.07) is 78.1. The average Bonchev–Trinajstić information content (AvgIpc) is 3.59. The summed E-state index contributed by atoms with van der Waals surface area (Å²) in [6.07, 6.45) is 0. The highest BCUT2D eigenvalue weighted by atomic mass is 14.9. The van der Waals surface area contributed by atoms with Gasteiger partial charge in [0.15, 0.2) is 5.82 Å². The third kappa shape index (κ3) is 5.59. The molecular weight excluding hydrogens is 665 g/mol. The molecule has 0 saturated carbocycles. The van der Waals surface area contributed by atoms with Gasteiger partial charge in [0.1, 0.15) is 0 Å². The summed E-state index contributed by atoms with van der Waals surface area (Å²) >= 11 is 0. The number of benzene rings is 8. The van der Waals surface area contributed by atoms with Crippen LogP contribution in [0.25, 0.3) is 67.3 Å². The summed E-state index contributed by atoms with van der Waals surface area (Å²) in [6.45, 7) is 0. The van der Waals surface area contributed by atoms with Crippen LogP contribution in [0.3, 0.4) is 0 Å². The Morgan fingerprint density at radius 1 is 0.291 bits per heavy atom. The molecule has 10 rings (SSSR count). The molecule has 1 aliphatic rings. The minimum Gasteiger partial charge on any atom is -0.228 e. The van der Waals surface area contributed by atoms with Crippen molar-refractivity contribution in [2.24, 2.45) is 0 Å². The van der Waals surface area contributed by atoms with E-state index in [-0.39, 0.29) is 0 Å². The predicted molar refractivity (Wildman–Crippen MR) is 227 cm³/mol. The summed E-state index contributed by atoms with van der Waals surface area (Å²) in [5, 5.41) is 0. The van der Waals surface area contributed by atoms with Crippen LogP contribution in [0, 0.1) is 0 Å². The minimum absolute atomic E-state index is 0.573. The zero-order valence-electron chi connectivity index (χ0n) is 30.2. The van der Waals surface area contributed by atoms with Crippen LogP contribution in [0.4, 0.5) is 0 Å². The molecule has 1 heterocycles. The molecule has 0 atom stereocenters. The van der Waals surface area contributed by atoms with Crippen molar-refractivity contribution in [1.82, 2.24) is 9.97 Å². The van der Waals surface area contributed by atoms with Gasteiger partial charge in [-0.1, -0.05) is 200 Å². The van der Waals surface area contributed by atoms with Gasteiger partial charge in [-0.25, -0.2) is 9.97 Å². The maximum absolute atomic E-state index is 5.50. The number of nitrogens with zero attached hydrogens (tertiary/aromatic N) is 2.